The number of nitrogens with zero attached hydrogens (tertiary/aromatic N) is 3. The number of aromatic carboxylic acids is 1. The normalized spacial score (nSPS) is 11.0. The second-order valence-electron chi connectivity index (χ2n) is 14.5. The first-order valence-electron chi connectivity index (χ1n) is 20.4. The highest BCUT2D eigenvalue weighted by atomic mass is 16.5. The van der Waals surface area contributed by atoms with Crippen molar-refractivity contribution >= 4 is 5.97 Å². The van der Waals surface area contributed by atoms with Crippen molar-refractivity contribution in [2.45, 2.75) is 46.5 Å². The molecule has 9 heteroatoms. The molecule has 8 aromatic rings. The number of para-hydroxylation sites is 1. The predicted octanol–water partition coefficient (Wildman–Crippen LogP) is 11.7. The molecule has 0 aliphatic heterocycles. The molecule has 0 saturated carbocycles. The monoisotopic (exact) mass is 811 g/mol. The van der Waals surface area contributed by atoms with Gasteiger partial charge in [-0.25, -0.2) is 14.8 Å². The summed E-state index contributed by atoms with van der Waals surface area (Å²) in [7, 11) is 0. The molecule has 0 radical (unpaired) electrons. The molecule has 0 amide bonds. The highest BCUT2D eigenvalue weighted by Gasteiger charge is 2.16. The van der Waals surface area contributed by atoms with Crippen LogP contribution in [0.2, 0.25) is 0 Å². The molecule has 0 atom stereocenters. The van der Waals surface area contributed by atoms with Gasteiger partial charge in [0.15, 0.2) is 0 Å². The van der Waals surface area contributed by atoms with Gasteiger partial charge in [0.2, 0.25) is 11.8 Å². The Kier molecular flexibility index (Phi) is 14.1. The van der Waals surface area contributed by atoms with Crippen LogP contribution in [0.25, 0.3) is 28.6 Å². The minimum absolute atomic E-state index is 0.303. The zero-order valence-electron chi connectivity index (χ0n) is 34.7. The fraction of sp³-hybridized carbons (Fsp3) is 0.173. The summed E-state index contributed by atoms with van der Waals surface area (Å²) >= 11 is 0. The summed E-state index contributed by atoms with van der Waals surface area (Å²) in [6, 6.07) is 45.5. The van der Waals surface area contributed by atoms with Crippen molar-refractivity contribution in [2.24, 2.45) is 0 Å². The fourth-order valence-corrected chi connectivity index (χ4v) is 6.74. The van der Waals surface area contributed by atoms with Crippen LogP contribution < -0.4 is 9.47 Å². The van der Waals surface area contributed by atoms with Crippen LogP contribution in [0.1, 0.15) is 56.9 Å². The smallest absolute Gasteiger partial charge is 0.337 e. The number of aryl methyl sites for hydroxylation is 2. The number of carboxylic acids is 1. The van der Waals surface area contributed by atoms with E-state index in [-0.39, 0.29) is 0 Å². The summed E-state index contributed by atoms with van der Waals surface area (Å²) in [5.41, 5.74) is 8.06. The third kappa shape index (κ3) is 11.4. The lowest BCUT2D eigenvalue weighted by atomic mass is 10.0. The molecule has 5 aromatic carbocycles. The van der Waals surface area contributed by atoms with Crippen LogP contribution in [-0.4, -0.2) is 38.8 Å². The summed E-state index contributed by atoms with van der Waals surface area (Å²) in [6.45, 7) is 6.96. The molecule has 3 aromatic heterocycles. The third-order valence-electron chi connectivity index (χ3n) is 10.1. The van der Waals surface area contributed by atoms with Gasteiger partial charge in [-0.2, -0.15) is 0 Å². The number of ether oxygens (including phenoxy) is 2. The van der Waals surface area contributed by atoms with Gasteiger partial charge in [-0.15, -0.1) is 0 Å². The maximum Gasteiger partial charge on any atom is 0.337 e. The number of carboxylic acid groups (broad SMARTS) is 1. The molecule has 3 heterocycles. The highest BCUT2D eigenvalue weighted by molar-refractivity contribution is 5.89. The fourth-order valence-electron chi connectivity index (χ4n) is 6.74. The van der Waals surface area contributed by atoms with Crippen LogP contribution in [-0.2, 0) is 25.7 Å². The Morgan fingerprint density at radius 1 is 0.639 bits per heavy atom. The molecule has 0 fully saturated rings. The van der Waals surface area contributed by atoms with Crippen molar-refractivity contribution in [3.05, 3.63) is 209 Å². The molecule has 8 rings (SSSR count). The Morgan fingerprint density at radius 3 is 1.59 bits per heavy atom. The predicted molar refractivity (Wildman–Crippen MR) is 239 cm³/mol. The van der Waals surface area contributed by atoms with Crippen LogP contribution in [0.5, 0.6) is 11.5 Å². The largest absolute Gasteiger partial charge is 0.493 e. The van der Waals surface area contributed by atoms with Crippen molar-refractivity contribution < 1.29 is 28.2 Å². The molecular formula is C52H49N3O6. The second-order valence-corrected chi connectivity index (χ2v) is 14.5. The van der Waals surface area contributed by atoms with Crippen LogP contribution >= 0.6 is 0 Å². The maximum atomic E-state index is 11.8. The average molecular weight is 812 g/mol. The first kappa shape index (κ1) is 41.8. The van der Waals surface area contributed by atoms with Crippen LogP contribution in [0.15, 0.2) is 173 Å². The quantitative estimate of drug-likeness (QED) is 0.0960. The number of hydrogen-bond acceptors (Lipinski definition) is 7. The van der Waals surface area contributed by atoms with Gasteiger partial charge in [0, 0.05) is 42.0 Å². The number of allylic oxidation sites excluding steroid dienone is 2. The number of hydrogen-bond donors (Lipinski definition) is 1. The van der Waals surface area contributed by atoms with E-state index in [0.717, 1.165) is 75.2 Å². The molecule has 61 heavy (non-hydrogen) atoms. The van der Waals surface area contributed by atoms with Gasteiger partial charge < -0.3 is 28.0 Å². The molecule has 9 nitrogen and oxygen atoms in total. The van der Waals surface area contributed by atoms with E-state index in [2.05, 4.69) is 34.3 Å². The van der Waals surface area contributed by atoms with Crippen molar-refractivity contribution in [2.75, 3.05) is 13.2 Å². The Labute approximate surface area is 356 Å². The molecule has 0 saturated heterocycles. The summed E-state index contributed by atoms with van der Waals surface area (Å²) in [5, 5.41) is 9.68. The number of carbonyl (C=O) groups is 1. The lowest BCUT2D eigenvalue weighted by Gasteiger charge is -2.07. The van der Waals surface area contributed by atoms with Crippen LogP contribution in [0.4, 0.5) is 0 Å². The van der Waals surface area contributed by atoms with E-state index in [1.165, 1.54) is 5.56 Å². The first-order chi connectivity index (χ1) is 29.8. The second kappa shape index (κ2) is 20.5. The summed E-state index contributed by atoms with van der Waals surface area (Å²) in [4.78, 5) is 21.0. The van der Waals surface area contributed by atoms with Gasteiger partial charge in [0.25, 0.3) is 0 Å². The van der Waals surface area contributed by atoms with Crippen molar-refractivity contribution in [1.29, 1.82) is 0 Å². The SMILES string of the molecule is C/C=C\Cc1ccc(OCCc2nc(-c3ccccc3)oc2C)cc1.Cc1oc(-c2ccccc2)nc1CCOc1ccc(Cc2cn(-c3ccccc3)cc2C(=O)O)cc1. The number of oxazole rings is 2. The van der Waals surface area contributed by atoms with E-state index < -0.39 is 5.97 Å². The van der Waals surface area contributed by atoms with Gasteiger partial charge in [0.1, 0.15) is 23.0 Å². The van der Waals surface area contributed by atoms with E-state index >= 15 is 0 Å². The number of benzene rings is 5. The average Bonchev–Trinajstić information content (AvgIpc) is 4.01. The number of aromatic nitrogens is 3. The molecule has 1 N–H and O–H groups in total. The van der Waals surface area contributed by atoms with Gasteiger partial charge in [-0.1, -0.05) is 91.0 Å². The molecule has 0 aliphatic rings. The van der Waals surface area contributed by atoms with Crippen molar-refractivity contribution in [3.8, 4) is 40.1 Å². The van der Waals surface area contributed by atoms with Gasteiger partial charge in [-0.05, 0) is 111 Å². The van der Waals surface area contributed by atoms with Crippen molar-refractivity contribution in [3.63, 3.8) is 0 Å². The zero-order valence-corrected chi connectivity index (χ0v) is 34.7. The molecule has 0 spiro atoms. The summed E-state index contributed by atoms with van der Waals surface area (Å²) in [6.07, 6.45) is 10.6. The molecule has 0 bridgehead atoms. The lowest BCUT2D eigenvalue weighted by molar-refractivity contribution is 0.0696. The Hall–Kier alpha value is -7.39. The topological polar surface area (TPSA) is 113 Å². The van der Waals surface area contributed by atoms with Gasteiger partial charge in [0.05, 0.1) is 30.2 Å². The molecule has 0 aliphatic carbocycles. The van der Waals surface area contributed by atoms with E-state index in [1.54, 1.807) is 6.20 Å². The maximum absolute atomic E-state index is 11.8. The minimum atomic E-state index is -0.932. The third-order valence-corrected chi connectivity index (χ3v) is 10.1. The Bertz CT molecular complexity index is 2630. The lowest BCUT2D eigenvalue weighted by Crippen LogP contribution is -2.03. The Morgan fingerprint density at radius 2 is 1.11 bits per heavy atom. The van der Waals surface area contributed by atoms with E-state index in [4.69, 9.17) is 18.3 Å². The highest BCUT2D eigenvalue weighted by Crippen LogP contribution is 2.25. The van der Waals surface area contributed by atoms with Gasteiger partial charge >= 0.3 is 5.97 Å². The summed E-state index contributed by atoms with van der Waals surface area (Å²) < 4.78 is 25.2. The van der Waals surface area contributed by atoms with Crippen LogP contribution in [0.3, 0.4) is 0 Å². The molecule has 308 valence electrons. The summed E-state index contributed by atoms with van der Waals surface area (Å²) in [5.74, 6) is 3.64. The molecular weight excluding hydrogens is 763 g/mol. The first-order valence-corrected chi connectivity index (χ1v) is 20.4. The van der Waals surface area contributed by atoms with E-state index in [0.29, 0.717) is 43.4 Å². The standard InChI is InChI=1S/C30H26N2O4.C22H23NO2/c1-21-28(31-29(36-21)23-8-4-2-5-9-23)16-17-35-26-14-12-22(13-15-26)18-24-19-32(20-27(24)30(33)34)25-10-6-3-7-11-25;1-3-4-8-18-11-13-20(14-12-18)24-16-15-21-17(2)25-22(23-21)19-9-6-5-7-10-19/h2-15,19-20H,16-18H2,1H3,(H,33,34);3-7,9-14H,8,15-16H2,1-2H3/b;4-3-. The van der Waals surface area contributed by atoms with E-state index in [1.807, 2.05) is 159 Å². The zero-order chi connectivity index (χ0) is 42.4. The van der Waals surface area contributed by atoms with E-state index in [9.17, 15) is 9.90 Å². The minimum Gasteiger partial charge on any atom is -0.493 e. The molecule has 0 unspecified atom stereocenters. The van der Waals surface area contributed by atoms with Crippen molar-refractivity contribution in [1.82, 2.24) is 14.5 Å². The van der Waals surface area contributed by atoms with Crippen LogP contribution in [0, 0.1) is 13.8 Å². The number of rotatable bonds is 16. The Balaban J connectivity index is 0.000000197. The van der Waals surface area contributed by atoms with Gasteiger partial charge in [-0.3, -0.25) is 0 Å².